The molecule has 1 fully saturated rings. The highest BCUT2D eigenvalue weighted by atomic mass is 79.9. The molecule has 0 saturated carbocycles. The summed E-state index contributed by atoms with van der Waals surface area (Å²) in [6.07, 6.45) is 2.79. The smallest absolute Gasteiger partial charge is 0.247 e. The first kappa shape index (κ1) is 17.3. The summed E-state index contributed by atoms with van der Waals surface area (Å²) in [5.41, 5.74) is 0.480. The largest absolute Gasteiger partial charge is 0.388 e. The van der Waals surface area contributed by atoms with Gasteiger partial charge < -0.3 is 10.1 Å². The lowest BCUT2D eigenvalue weighted by molar-refractivity contribution is -0.0236. The minimum atomic E-state index is -0.885. The fourth-order valence-electron chi connectivity index (χ4n) is 3.11. The van der Waals surface area contributed by atoms with Gasteiger partial charge in [-0.25, -0.2) is 4.39 Å². The number of aliphatic hydroxyl groups is 1. The standard InChI is InChI=1S/C18H20BrFN2O2/c19-17(13-5-6-16(23)21-11-13)18(24)7-9-22(10-8-18)12-14-3-1-2-4-15(14)20/h1-6,11,17,24H,7-10,12H2,(H,21,23). The third-order valence-corrected chi connectivity index (χ3v) is 6.03. The number of likely N-dealkylation sites (tertiary alicyclic amines) is 1. The van der Waals surface area contributed by atoms with Crippen LogP contribution >= 0.6 is 15.9 Å². The van der Waals surface area contributed by atoms with Crippen LogP contribution in [0.2, 0.25) is 0 Å². The van der Waals surface area contributed by atoms with Gasteiger partial charge in [-0.1, -0.05) is 40.2 Å². The summed E-state index contributed by atoms with van der Waals surface area (Å²) in [7, 11) is 0. The van der Waals surface area contributed by atoms with Crippen molar-refractivity contribution in [1.82, 2.24) is 9.88 Å². The van der Waals surface area contributed by atoms with Crippen molar-refractivity contribution in [1.29, 1.82) is 0 Å². The number of aromatic nitrogens is 1. The molecular formula is C18H20BrFN2O2. The first-order chi connectivity index (χ1) is 11.5. The highest BCUT2D eigenvalue weighted by molar-refractivity contribution is 9.09. The van der Waals surface area contributed by atoms with Gasteiger partial charge in [0.05, 0.1) is 10.4 Å². The maximum Gasteiger partial charge on any atom is 0.247 e. The summed E-state index contributed by atoms with van der Waals surface area (Å²) in [6, 6.07) is 9.98. The van der Waals surface area contributed by atoms with Crippen molar-refractivity contribution < 1.29 is 9.50 Å². The summed E-state index contributed by atoms with van der Waals surface area (Å²) < 4.78 is 13.8. The van der Waals surface area contributed by atoms with Crippen LogP contribution < -0.4 is 5.56 Å². The topological polar surface area (TPSA) is 56.3 Å². The molecule has 3 rings (SSSR count). The molecular weight excluding hydrogens is 375 g/mol. The number of pyridine rings is 1. The number of nitrogens with zero attached hydrogens (tertiary/aromatic N) is 1. The van der Waals surface area contributed by atoms with Crippen molar-refractivity contribution in [3.05, 3.63) is 69.9 Å². The van der Waals surface area contributed by atoms with E-state index >= 15 is 0 Å². The molecule has 4 nitrogen and oxygen atoms in total. The predicted octanol–water partition coefficient (Wildman–Crippen LogP) is 2.98. The zero-order chi connectivity index (χ0) is 17.2. The van der Waals surface area contributed by atoms with Crippen LogP contribution in [-0.2, 0) is 6.54 Å². The van der Waals surface area contributed by atoms with Gasteiger partial charge in [-0.05, 0) is 24.5 Å². The van der Waals surface area contributed by atoms with E-state index in [0.29, 0.717) is 38.0 Å². The Labute approximate surface area is 148 Å². The van der Waals surface area contributed by atoms with E-state index in [9.17, 15) is 14.3 Å². The minimum absolute atomic E-state index is 0.162. The Morgan fingerprint density at radius 1 is 1.25 bits per heavy atom. The Bertz CT molecular complexity index is 736. The van der Waals surface area contributed by atoms with Gasteiger partial charge in [-0.15, -0.1) is 0 Å². The molecule has 0 radical (unpaired) electrons. The lowest BCUT2D eigenvalue weighted by Gasteiger charge is -2.41. The second-order valence-corrected chi connectivity index (χ2v) is 7.24. The SMILES string of the molecule is O=c1ccc(C(Br)C2(O)CCN(Cc3ccccc3F)CC2)c[nH]1. The molecule has 1 aliphatic rings. The van der Waals surface area contributed by atoms with Gasteiger partial charge >= 0.3 is 0 Å². The molecule has 2 aromatic rings. The highest BCUT2D eigenvalue weighted by Gasteiger charge is 2.39. The quantitative estimate of drug-likeness (QED) is 0.783. The zero-order valence-electron chi connectivity index (χ0n) is 13.2. The minimum Gasteiger partial charge on any atom is -0.388 e. The molecule has 0 bridgehead atoms. The number of halogens is 2. The van der Waals surface area contributed by atoms with Gasteiger partial charge in [0.1, 0.15) is 5.82 Å². The normalized spacial score (nSPS) is 19.1. The summed E-state index contributed by atoms with van der Waals surface area (Å²) in [5, 5.41) is 11.0. The molecule has 0 spiro atoms. The van der Waals surface area contributed by atoms with Crippen LogP contribution in [0.25, 0.3) is 0 Å². The summed E-state index contributed by atoms with van der Waals surface area (Å²) >= 11 is 3.58. The summed E-state index contributed by atoms with van der Waals surface area (Å²) in [6.45, 7) is 1.93. The predicted molar refractivity (Wildman–Crippen MR) is 94.6 cm³/mol. The molecule has 1 unspecified atom stereocenters. The van der Waals surface area contributed by atoms with Gasteiger partial charge in [0.25, 0.3) is 0 Å². The first-order valence-electron chi connectivity index (χ1n) is 7.99. The van der Waals surface area contributed by atoms with E-state index in [1.165, 1.54) is 12.1 Å². The highest BCUT2D eigenvalue weighted by Crippen LogP contribution is 2.40. The van der Waals surface area contributed by atoms with Crippen molar-refractivity contribution >= 4 is 15.9 Å². The molecule has 1 atom stereocenters. The molecule has 24 heavy (non-hydrogen) atoms. The van der Waals surface area contributed by atoms with E-state index in [0.717, 1.165) is 5.56 Å². The van der Waals surface area contributed by atoms with E-state index in [1.807, 2.05) is 6.07 Å². The first-order valence-corrected chi connectivity index (χ1v) is 8.90. The molecule has 2 N–H and O–H groups in total. The number of rotatable bonds is 4. The lowest BCUT2D eigenvalue weighted by Crippen LogP contribution is -2.46. The lowest BCUT2D eigenvalue weighted by atomic mass is 9.85. The number of hydrogen-bond donors (Lipinski definition) is 2. The fourth-order valence-corrected chi connectivity index (χ4v) is 3.85. The second kappa shape index (κ2) is 7.17. The number of benzene rings is 1. The third-order valence-electron chi connectivity index (χ3n) is 4.65. The average molecular weight is 395 g/mol. The van der Waals surface area contributed by atoms with Crippen molar-refractivity contribution in [2.45, 2.75) is 29.8 Å². The molecule has 128 valence electrons. The van der Waals surface area contributed by atoms with E-state index in [4.69, 9.17) is 0 Å². The maximum absolute atomic E-state index is 13.8. The number of nitrogens with one attached hydrogen (secondary N) is 1. The number of piperidine rings is 1. The van der Waals surface area contributed by atoms with Gasteiger partial charge in [0, 0.05) is 37.5 Å². The van der Waals surface area contributed by atoms with Gasteiger partial charge in [0.15, 0.2) is 0 Å². The molecule has 1 saturated heterocycles. The van der Waals surface area contributed by atoms with E-state index < -0.39 is 5.60 Å². The van der Waals surface area contributed by atoms with Crippen molar-refractivity contribution in [3.63, 3.8) is 0 Å². The Kier molecular flexibility index (Phi) is 5.18. The van der Waals surface area contributed by atoms with Crippen LogP contribution in [0, 0.1) is 5.82 Å². The van der Waals surface area contributed by atoms with Crippen LogP contribution in [-0.4, -0.2) is 33.7 Å². The monoisotopic (exact) mass is 394 g/mol. The van der Waals surface area contributed by atoms with E-state index in [-0.39, 0.29) is 16.2 Å². The number of H-pyrrole nitrogens is 1. The van der Waals surface area contributed by atoms with Gasteiger partial charge in [0.2, 0.25) is 5.56 Å². The zero-order valence-corrected chi connectivity index (χ0v) is 14.8. The van der Waals surface area contributed by atoms with Crippen molar-refractivity contribution in [2.75, 3.05) is 13.1 Å². The molecule has 6 heteroatoms. The summed E-state index contributed by atoms with van der Waals surface area (Å²) in [5.74, 6) is -0.190. The molecule has 1 aromatic carbocycles. The Balaban J connectivity index is 1.64. The Morgan fingerprint density at radius 3 is 2.58 bits per heavy atom. The molecule has 2 heterocycles. The number of aromatic amines is 1. The van der Waals surface area contributed by atoms with Crippen LogP contribution in [0.15, 0.2) is 47.4 Å². The molecule has 1 aromatic heterocycles. The fraction of sp³-hybridized carbons (Fsp3) is 0.389. The van der Waals surface area contributed by atoms with Gasteiger partial charge in [-0.2, -0.15) is 0 Å². The summed E-state index contributed by atoms with van der Waals surface area (Å²) in [4.78, 5) is 15.7. The molecule has 0 aliphatic carbocycles. The second-order valence-electron chi connectivity index (χ2n) is 6.32. The van der Waals surface area contributed by atoms with Crippen LogP contribution in [0.5, 0.6) is 0 Å². The Hall–Kier alpha value is -1.50. The Morgan fingerprint density at radius 2 is 1.96 bits per heavy atom. The van der Waals surface area contributed by atoms with Crippen LogP contribution in [0.1, 0.15) is 28.8 Å². The van der Waals surface area contributed by atoms with Gasteiger partial charge in [-0.3, -0.25) is 9.69 Å². The maximum atomic E-state index is 13.8. The van der Waals surface area contributed by atoms with Crippen LogP contribution in [0.4, 0.5) is 4.39 Å². The third kappa shape index (κ3) is 3.77. The average Bonchev–Trinajstić information content (AvgIpc) is 2.59. The van der Waals surface area contributed by atoms with Crippen molar-refractivity contribution in [3.8, 4) is 0 Å². The van der Waals surface area contributed by atoms with Crippen molar-refractivity contribution in [2.24, 2.45) is 0 Å². The number of alkyl halides is 1. The molecule has 0 amide bonds. The van der Waals surface area contributed by atoms with Crippen LogP contribution in [0.3, 0.4) is 0 Å². The molecule has 1 aliphatic heterocycles. The number of hydrogen-bond acceptors (Lipinski definition) is 3. The van der Waals surface area contributed by atoms with E-state index in [2.05, 4.69) is 25.8 Å². The van der Waals surface area contributed by atoms with E-state index in [1.54, 1.807) is 24.4 Å².